The third-order valence-electron chi connectivity index (χ3n) is 4.56. The fourth-order valence-electron chi connectivity index (χ4n) is 2.97. The fourth-order valence-corrected chi connectivity index (χ4v) is 3.67. The number of hydrogen-bond acceptors (Lipinski definition) is 7. The fraction of sp³-hybridized carbons (Fsp3) is 0.0870. The molecule has 4 rings (SSSR count). The molecule has 2 amide bonds. The van der Waals surface area contributed by atoms with E-state index in [4.69, 9.17) is 4.74 Å². The molecular formula is C23H20N6O3S. The summed E-state index contributed by atoms with van der Waals surface area (Å²) >= 11 is 1.23. The molecule has 0 bridgehead atoms. The molecule has 0 radical (unpaired) electrons. The predicted molar refractivity (Wildman–Crippen MR) is 126 cm³/mol. The Morgan fingerprint density at radius 2 is 1.67 bits per heavy atom. The van der Waals surface area contributed by atoms with Gasteiger partial charge in [0.25, 0.3) is 5.91 Å². The molecule has 0 unspecified atom stereocenters. The number of amides is 2. The van der Waals surface area contributed by atoms with Crippen molar-refractivity contribution in [2.75, 3.05) is 23.5 Å². The van der Waals surface area contributed by atoms with E-state index in [-0.39, 0.29) is 17.6 Å². The lowest BCUT2D eigenvalue weighted by atomic mass is 10.2. The number of tetrazole rings is 1. The predicted octanol–water partition coefficient (Wildman–Crippen LogP) is 3.65. The van der Waals surface area contributed by atoms with Crippen LogP contribution >= 0.6 is 11.8 Å². The maximum atomic E-state index is 12.5. The van der Waals surface area contributed by atoms with Gasteiger partial charge < -0.3 is 15.4 Å². The highest BCUT2D eigenvalue weighted by atomic mass is 32.2. The van der Waals surface area contributed by atoms with Crippen molar-refractivity contribution < 1.29 is 14.3 Å². The molecule has 10 heteroatoms. The number of aromatic nitrogens is 4. The minimum absolute atomic E-state index is 0.128. The third kappa shape index (κ3) is 5.55. The van der Waals surface area contributed by atoms with Gasteiger partial charge >= 0.3 is 0 Å². The number of nitrogens with zero attached hydrogens (tertiary/aromatic N) is 4. The van der Waals surface area contributed by atoms with Crippen molar-refractivity contribution in [2.45, 2.75) is 5.16 Å². The number of nitrogens with one attached hydrogen (secondary N) is 2. The van der Waals surface area contributed by atoms with Crippen molar-refractivity contribution in [3.8, 4) is 11.4 Å². The number of carbonyl (C=O) groups excluding carboxylic acids is 2. The molecule has 33 heavy (non-hydrogen) atoms. The van der Waals surface area contributed by atoms with Crippen molar-refractivity contribution in [1.82, 2.24) is 20.2 Å². The molecule has 2 N–H and O–H groups in total. The monoisotopic (exact) mass is 460 g/mol. The molecule has 0 spiro atoms. The minimum atomic E-state index is -0.277. The zero-order valence-corrected chi connectivity index (χ0v) is 18.5. The van der Waals surface area contributed by atoms with Crippen LogP contribution in [0.25, 0.3) is 5.69 Å². The van der Waals surface area contributed by atoms with Gasteiger partial charge in [0.1, 0.15) is 5.75 Å². The first-order valence-electron chi connectivity index (χ1n) is 9.95. The molecule has 3 aromatic carbocycles. The van der Waals surface area contributed by atoms with Crippen LogP contribution in [0.1, 0.15) is 10.4 Å². The number of thioether (sulfide) groups is 1. The van der Waals surface area contributed by atoms with Crippen LogP contribution < -0.4 is 15.4 Å². The average Bonchev–Trinajstić information content (AvgIpc) is 3.33. The number of rotatable bonds is 8. The van der Waals surface area contributed by atoms with E-state index in [1.807, 2.05) is 42.5 Å². The van der Waals surface area contributed by atoms with Crippen LogP contribution in [0.4, 0.5) is 11.4 Å². The lowest BCUT2D eigenvalue weighted by molar-refractivity contribution is -0.113. The maximum Gasteiger partial charge on any atom is 0.255 e. The van der Waals surface area contributed by atoms with Crippen molar-refractivity contribution in [2.24, 2.45) is 0 Å². The summed E-state index contributed by atoms with van der Waals surface area (Å²) in [6, 6.07) is 23.2. The van der Waals surface area contributed by atoms with Gasteiger partial charge in [0, 0.05) is 11.3 Å². The van der Waals surface area contributed by atoms with Gasteiger partial charge in [0.2, 0.25) is 11.1 Å². The number of benzene rings is 3. The molecule has 0 aliphatic rings. The van der Waals surface area contributed by atoms with E-state index in [0.717, 1.165) is 5.69 Å². The highest BCUT2D eigenvalue weighted by molar-refractivity contribution is 7.99. The van der Waals surface area contributed by atoms with Crippen molar-refractivity contribution in [3.05, 3.63) is 84.4 Å². The second-order valence-electron chi connectivity index (χ2n) is 6.78. The Kier molecular flexibility index (Phi) is 6.96. The highest BCUT2D eigenvalue weighted by Crippen LogP contribution is 2.24. The third-order valence-corrected chi connectivity index (χ3v) is 5.48. The summed E-state index contributed by atoms with van der Waals surface area (Å²) in [7, 11) is 1.54. The van der Waals surface area contributed by atoms with Gasteiger partial charge in [0.15, 0.2) is 0 Å². The average molecular weight is 461 g/mol. The molecule has 0 saturated carbocycles. The second-order valence-corrected chi connectivity index (χ2v) is 7.72. The van der Waals surface area contributed by atoms with Gasteiger partial charge in [-0.1, -0.05) is 42.1 Å². The first-order chi connectivity index (χ1) is 16.1. The summed E-state index contributed by atoms with van der Waals surface area (Å²) < 4.78 is 6.83. The van der Waals surface area contributed by atoms with Crippen LogP contribution in [0.2, 0.25) is 0 Å². The molecule has 166 valence electrons. The van der Waals surface area contributed by atoms with Crippen LogP contribution in [-0.4, -0.2) is 44.9 Å². The summed E-state index contributed by atoms with van der Waals surface area (Å²) in [4.78, 5) is 24.9. The Morgan fingerprint density at radius 1 is 0.939 bits per heavy atom. The molecule has 0 saturated heterocycles. The molecule has 0 atom stereocenters. The van der Waals surface area contributed by atoms with Crippen LogP contribution in [0.15, 0.2) is 84.0 Å². The summed E-state index contributed by atoms with van der Waals surface area (Å²) in [6.45, 7) is 0. The Hall–Kier alpha value is -4.18. The molecule has 1 aromatic heterocycles. The van der Waals surface area contributed by atoms with E-state index in [2.05, 4.69) is 26.2 Å². The molecule has 4 aromatic rings. The number of para-hydroxylation sites is 3. The number of anilines is 2. The molecular weight excluding hydrogens is 440 g/mol. The number of carbonyl (C=O) groups is 2. The van der Waals surface area contributed by atoms with Gasteiger partial charge in [-0.2, -0.15) is 4.68 Å². The van der Waals surface area contributed by atoms with E-state index in [1.54, 1.807) is 48.2 Å². The van der Waals surface area contributed by atoms with E-state index in [0.29, 0.717) is 27.8 Å². The van der Waals surface area contributed by atoms with E-state index < -0.39 is 0 Å². The van der Waals surface area contributed by atoms with Gasteiger partial charge in [0.05, 0.1) is 24.2 Å². The zero-order valence-electron chi connectivity index (χ0n) is 17.6. The topological polar surface area (TPSA) is 111 Å². The Balaban J connectivity index is 1.33. The van der Waals surface area contributed by atoms with Gasteiger partial charge in [-0.05, 0) is 59.0 Å². The van der Waals surface area contributed by atoms with Crippen LogP contribution in [0.5, 0.6) is 5.75 Å². The van der Waals surface area contributed by atoms with Crippen LogP contribution in [0.3, 0.4) is 0 Å². The summed E-state index contributed by atoms with van der Waals surface area (Å²) in [5.74, 6) is 0.212. The summed E-state index contributed by atoms with van der Waals surface area (Å²) in [5.41, 5.74) is 2.43. The van der Waals surface area contributed by atoms with E-state index in [1.165, 1.54) is 11.8 Å². The lowest BCUT2D eigenvalue weighted by Crippen LogP contribution is -2.15. The molecule has 0 fully saturated rings. The van der Waals surface area contributed by atoms with Crippen molar-refractivity contribution in [3.63, 3.8) is 0 Å². The largest absolute Gasteiger partial charge is 0.495 e. The van der Waals surface area contributed by atoms with Crippen LogP contribution in [0, 0.1) is 0 Å². The quantitative estimate of drug-likeness (QED) is 0.386. The van der Waals surface area contributed by atoms with Gasteiger partial charge in [-0.15, -0.1) is 5.10 Å². The first-order valence-corrected chi connectivity index (χ1v) is 10.9. The maximum absolute atomic E-state index is 12.5. The minimum Gasteiger partial charge on any atom is -0.495 e. The summed E-state index contributed by atoms with van der Waals surface area (Å²) in [5, 5.41) is 17.8. The number of ether oxygens (including phenoxy) is 1. The normalized spacial score (nSPS) is 10.5. The Bertz CT molecular complexity index is 1240. The SMILES string of the molecule is COc1ccccc1NC(=O)c1ccc(NC(=O)CSc2nnnn2-c2ccccc2)cc1. The number of methoxy groups -OCH3 is 1. The Morgan fingerprint density at radius 3 is 2.42 bits per heavy atom. The van der Waals surface area contributed by atoms with Crippen LogP contribution in [-0.2, 0) is 4.79 Å². The molecule has 0 aliphatic heterocycles. The molecule has 1 heterocycles. The molecule has 9 nitrogen and oxygen atoms in total. The van der Waals surface area contributed by atoms with Gasteiger partial charge in [-0.25, -0.2) is 0 Å². The van der Waals surface area contributed by atoms with Gasteiger partial charge in [-0.3, -0.25) is 9.59 Å². The second kappa shape index (κ2) is 10.4. The highest BCUT2D eigenvalue weighted by Gasteiger charge is 2.13. The zero-order chi connectivity index (χ0) is 23.0. The lowest BCUT2D eigenvalue weighted by Gasteiger charge is -2.10. The van der Waals surface area contributed by atoms with Crippen molar-refractivity contribution >= 4 is 35.0 Å². The Labute approximate surface area is 194 Å². The van der Waals surface area contributed by atoms with E-state index in [9.17, 15) is 9.59 Å². The first kappa shape index (κ1) is 22.0. The van der Waals surface area contributed by atoms with Crippen molar-refractivity contribution in [1.29, 1.82) is 0 Å². The van der Waals surface area contributed by atoms with E-state index >= 15 is 0 Å². The smallest absolute Gasteiger partial charge is 0.255 e. The standard InChI is InChI=1S/C23H20N6O3S/c1-32-20-10-6-5-9-19(20)25-22(31)16-11-13-17(14-12-16)24-21(30)15-33-23-26-27-28-29(23)18-7-3-2-4-8-18/h2-14H,15H2,1H3,(H,24,30)(H,25,31). The molecule has 0 aliphatic carbocycles. The summed E-state index contributed by atoms with van der Waals surface area (Å²) in [6.07, 6.45) is 0. The number of hydrogen-bond donors (Lipinski definition) is 2.